The smallest absolute Gasteiger partial charge is 0.188 e. The van der Waals surface area contributed by atoms with Gasteiger partial charge >= 0.3 is 0 Å². The van der Waals surface area contributed by atoms with E-state index in [-0.39, 0.29) is 18.1 Å². The van der Waals surface area contributed by atoms with Gasteiger partial charge in [0, 0.05) is 7.11 Å². The van der Waals surface area contributed by atoms with E-state index in [1.54, 1.807) is 12.1 Å². The SMILES string of the molecule is COCOc1c(Cl)ccc(OCc2ccccc2)c1C=O. The van der Waals surface area contributed by atoms with E-state index < -0.39 is 0 Å². The average Bonchev–Trinajstić information content (AvgIpc) is 2.53. The fraction of sp³-hybridized carbons (Fsp3) is 0.188. The highest BCUT2D eigenvalue weighted by Crippen LogP contribution is 2.34. The van der Waals surface area contributed by atoms with E-state index >= 15 is 0 Å². The zero-order chi connectivity index (χ0) is 15.1. The van der Waals surface area contributed by atoms with Crippen LogP contribution in [0.4, 0.5) is 0 Å². The van der Waals surface area contributed by atoms with E-state index in [0.717, 1.165) is 5.56 Å². The van der Waals surface area contributed by atoms with Gasteiger partial charge in [0.05, 0.1) is 5.02 Å². The summed E-state index contributed by atoms with van der Waals surface area (Å²) in [6, 6.07) is 12.9. The quantitative estimate of drug-likeness (QED) is 0.578. The van der Waals surface area contributed by atoms with E-state index in [1.165, 1.54) is 7.11 Å². The van der Waals surface area contributed by atoms with Gasteiger partial charge in [-0.3, -0.25) is 4.79 Å². The number of rotatable bonds is 7. The van der Waals surface area contributed by atoms with Gasteiger partial charge in [-0.1, -0.05) is 41.9 Å². The number of carbonyl (C=O) groups excluding carboxylic acids is 1. The van der Waals surface area contributed by atoms with Gasteiger partial charge < -0.3 is 14.2 Å². The molecule has 110 valence electrons. The maximum atomic E-state index is 11.3. The average molecular weight is 307 g/mol. The molecule has 0 aromatic heterocycles. The number of hydrogen-bond acceptors (Lipinski definition) is 4. The predicted molar refractivity (Wildman–Crippen MR) is 80.1 cm³/mol. The van der Waals surface area contributed by atoms with Crippen LogP contribution in [0, 0.1) is 0 Å². The second kappa shape index (κ2) is 7.67. The van der Waals surface area contributed by atoms with Crippen molar-refractivity contribution in [1.82, 2.24) is 0 Å². The summed E-state index contributed by atoms with van der Waals surface area (Å²) in [4.78, 5) is 11.3. The first-order valence-corrected chi connectivity index (χ1v) is 6.70. The molecule has 0 heterocycles. The van der Waals surface area contributed by atoms with Gasteiger partial charge in [-0.15, -0.1) is 0 Å². The maximum Gasteiger partial charge on any atom is 0.188 e. The molecule has 0 aliphatic carbocycles. The molecule has 0 bridgehead atoms. The molecule has 4 nitrogen and oxygen atoms in total. The fourth-order valence-electron chi connectivity index (χ4n) is 1.79. The summed E-state index contributed by atoms with van der Waals surface area (Å²) in [5.74, 6) is 0.684. The normalized spacial score (nSPS) is 10.2. The van der Waals surface area contributed by atoms with Crippen molar-refractivity contribution in [2.75, 3.05) is 13.9 Å². The van der Waals surface area contributed by atoms with Crippen LogP contribution in [0.5, 0.6) is 11.5 Å². The number of halogens is 1. The van der Waals surface area contributed by atoms with Crippen molar-refractivity contribution in [1.29, 1.82) is 0 Å². The van der Waals surface area contributed by atoms with Crippen LogP contribution in [0.1, 0.15) is 15.9 Å². The van der Waals surface area contributed by atoms with Crippen LogP contribution in [0.3, 0.4) is 0 Å². The molecular formula is C16H15ClO4. The topological polar surface area (TPSA) is 44.8 Å². The number of carbonyl (C=O) groups is 1. The summed E-state index contributed by atoms with van der Waals surface area (Å²) >= 11 is 6.04. The Hall–Kier alpha value is -2.04. The number of hydrogen-bond donors (Lipinski definition) is 0. The molecule has 21 heavy (non-hydrogen) atoms. The third kappa shape index (κ3) is 3.97. The Balaban J connectivity index is 2.20. The van der Waals surface area contributed by atoms with Crippen molar-refractivity contribution in [2.24, 2.45) is 0 Å². The summed E-state index contributed by atoms with van der Waals surface area (Å²) < 4.78 is 15.8. The third-order valence-corrected chi connectivity index (χ3v) is 3.08. The standard InChI is InChI=1S/C16H15ClO4/c1-19-11-21-16-13(9-18)15(8-7-14(16)17)20-10-12-5-3-2-4-6-12/h2-9H,10-11H2,1H3. The lowest BCUT2D eigenvalue weighted by Crippen LogP contribution is -2.04. The van der Waals surface area contributed by atoms with Crippen LogP contribution in [-0.2, 0) is 11.3 Å². The molecule has 2 aromatic carbocycles. The molecule has 0 saturated heterocycles. The molecule has 0 atom stereocenters. The van der Waals surface area contributed by atoms with Gasteiger partial charge in [0.1, 0.15) is 17.9 Å². The van der Waals surface area contributed by atoms with E-state index in [0.29, 0.717) is 23.7 Å². The summed E-state index contributed by atoms with van der Waals surface area (Å²) in [6.07, 6.45) is 0.664. The zero-order valence-electron chi connectivity index (χ0n) is 11.5. The Morgan fingerprint density at radius 1 is 1.10 bits per heavy atom. The second-order valence-corrected chi connectivity index (χ2v) is 4.64. The lowest BCUT2D eigenvalue weighted by molar-refractivity contribution is 0.0503. The minimum absolute atomic E-state index is 0.00268. The van der Waals surface area contributed by atoms with Crippen molar-refractivity contribution < 1.29 is 19.0 Å². The molecule has 0 radical (unpaired) electrons. The van der Waals surface area contributed by atoms with E-state index in [1.807, 2.05) is 30.3 Å². The molecule has 0 aliphatic rings. The van der Waals surface area contributed by atoms with E-state index in [9.17, 15) is 4.79 Å². The van der Waals surface area contributed by atoms with E-state index in [4.69, 9.17) is 25.8 Å². The molecule has 0 fully saturated rings. The monoisotopic (exact) mass is 306 g/mol. The molecule has 2 rings (SSSR count). The summed E-state index contributed by atoms with van der Waals surface area (Å²) in [7, 11) is 1.49. The molecular weight excluding hydrogens is 292 g/mol. The van der Waals surface area contributed by atoms with Crippen LogP contribution < -0.4 is 9.47 Å². The Kier molecular flexibility index (Phi) is 5.60. The number of methoxy groups -OCH3 is 1. The van der Waals surface area contributed by atoms with Gasteiger partial charge in [0.2, 0.25) is 0 Å². The van der Waals surface area contributed by atoms with Crippen molar-refractivity contribution >= 4 is 17.9 Å². The second-order valence-electron chi connectivity index (χ2n) is 4.23. The van der Waals surface area contributed by atoms with Crippen molar-refractivity contribution in [3.8, 4) is 11.5 Å². The molecule has 2 aromatic rings. The third-order valence-electron chi connectivity index (χ3n) is 2.78. The number of benzene rings is 2. The Morgan fingerprint density at radius 3 is 2.52 bits per heavy atom. The first kappa shape index (κ1) is 15.4. The lowest BCUT2D eigenvalue weighted by atomic mass is 10.2. The molecule has 0 N–H and O–H groups in total. The van der Waals surface area contributed by atoms with Crippen LogP contribution in [-0.4, -0.2) is 20.2 Å². The van der Waals surface area contributed by atoms with Gasteiger partial charge in [-0.2, -0.15) is 0 Å². The lowest BCUT2D eigenvalue weighted by Gasteiger charge is -2.14. The molecule has 0 spiro atoms. The number of aldehydes is 1. The summed E-state index contributed by atoms with van der Waals surface area (Å²) in [5.41, 5.74) is 1.28. The van der Waals surface area contributed by atoms with Crippen LogP contribution in [0.25, 0.3) is 0 Å². The first-order valence-electron chi connectivity index (χ1n) is 6.32. The van der Waals surface area contributed by atoms with Crippen molar-refractivity contribution in [3.63, 3.8) is 0 Å². The summed E-state index contributed by atoms with van der Waals surface area (Å²) in [5, 5.41) is 0.334. The van der Waals surface area contributed by atoms with E-state index in [2.05, 4.69) is 0 Å². The molecule has 0 amide bonds. The van der Waals surface area contributed by atoms with Crippen molar-refractivity contribution in [3.05, 3.63) is 58.6 Å². The minimum Gasteiger partial charge on any atom is -0.488 e. The van der Waals surface area contributed by atoms with Gasteiger partial charge in [0.15, 0.2) is 18.8 Å². The summed E-state index contributed by atoms with van der Waals surface area (Å²) in [6.45, 7) is 0.357. The Morgan fingerprint density at radius 2 is 1.86 bits per heavy atom. The fourth-order valence-corrected chi connectivity index (χ4v) is 2.01. The van der Waals surface area contributed by atoms with Crippen LogP contribution in [0.15, 0.2) is 42.5 Å². The van der Waals surface area contributed by atoms with Crippen molar-refractivity contribution in [2.45, 2.75) is 6.61 Å². The highest BCUT2D eigenvalue weighted by molar-refractivity contribution is 6.32. The van der Waals surface area contributed by atoms with Gasteiger partial charge in [-0.25, -0.2) is 0 Å². The molecule has 0 aliphatic heterocycles. The minimum atomic E-state index is 0.00268. The first-order chi connectivity index (χ1) is 10.3. The molecule has 0 saturated carbocycles. The maximum absolute atomic E-state index is 11.3. The molecule has 0 unspecified atom stereocenters. The highest BCUT2D eigenvalue weighted by Gasteiger charge is 2.14. The Labute approximate surface area is 128 Å². The zero-order valence-corrected chi connectivity index (χ0v) is 12.3. The van der Waals surface area contributed by atoms with Crippen LogP contribution >= 0.6 is 11.6 Å². The predicted octanol–water partition coefficient (Wildman–Crippen LogP) is 3.71. The highest BCUT2D eigenvalue weighted by atomic mass is 35.5. The van der Waals surface area contributed by atoms with Crippen LogP contribution in [0.2, 0.25) is 5.02 Å². The molecule has 5 heteroatoms. The Bertz CT molecular complexity index is 599. The number of ether oxygens (including phenoxy) is 3. The van der Waals surface area contributed by atoms with Gasteiger partial charge in [0.25, 0.3) is 0 Å². The van der Waals surface area contributed by atoms with Gasteiger partial charge in [-0.05, 0) is 17.7 Å². The largest absolute Gasteiger partial charge is 0.488 e.